The van der Waals surface area contributed by atoms with Crippen molar-refractivity contribution in [3.05, 3.63) is 29.8 Å². The molecule has 0 saturated heterocycles. The van der Waals surface area contributed by atoms with E-state index in [0.717, 1.165) is 12.1 Å². The standard InChI is InChI=1S/C10H12F2N2O2/c1-13-9(10(15)16)5-14-8-3-2-6(11)4-7(8)12/h2-4,9,13-14H,5H2,1H3,(H,15,16). The first-order valence-corrected chi connectivity index (χ1v) is 4.63. The van der Waals surface area contributed by atoms with Crippen molar-refractivity contribution in [1.29, 1.82) is 0 Å². The van der Waals surface area contributed by atoms with E-state index in [-0.39, 0.29) is 12.2 Å². The number of anilines is 1. The molecule has 1 unspecified atom stereocenters. The van der Waals surface area contributed by atoms with Crippen molar-refractivity contribution in [2.45, 2.75) is 6.04 Å². The van der Waals surface area contributed by atoms with Gasteiger partial charge in [0.15, 0.2) is 0 Å². The van der Waals surface area contributed by atoms with E-state index in [4.69, 9.17) is 5.11 Å². The molecule has 1 rings (SSSR count). The van der Waals surface area contributed by atoms with E-state index in [0.29, 0.717) is 0 Å². The van der Waals surface area contributed by atoms with Crippen LogP contribution >= 0.6 is 0 Å². The molecule has 0 aliphatic heterocycles. The van der Waals surface area contributed by atoms with Crippen LogP contribution in [0.5, 0.6) is 0 Å². The fourth-order valence-electron chi connectivity index (χ4n) is 1.16. The first kappa shape index (κ1) is 12.4. The van der Waals surface area contributed by atoms with E-state index in [2.05, 4.69) is 10.6 Å². The molecule has 0 amide bonds. The maximum Gasteiger partial charge on any atom is 0.322 e. The third kappa shape index (κ3) is 3.16. The highest BCUT2D eigenvalue weighted by molar-refractivity contribution is 5.74. The lowest BCUT2D eigenvalue weighted by Crippen LogP contribution is -2.39. The molecule has 4 nitrogen and oxygen atoms in total. The number of nitrogens with one attached hydrogen (secondary N) is 2. The Morgan fingerprint density at radius 2 is 2.19 bits per heavy atom. The van der Waals surface area contributed by atoms with E-state index in [9.17, 15) is 13.6 Å². The normalized spacial score (nSPS) is 12.2. The number of aliphatic carboxylic acids is 1. The lowest BCUT2D eigenvalue weighted by molar-refractivity contribution is -0.138. The van der Waals surface area contributed by atoms with E-state index in [1.165, 1.54) is 13.1 Å². The van der Waals surface area contributed by atoms with Gasteiger partial charge in [-0.3, -0.25) is 4.79 Å². The Balaban J connectivity index is 2.63. The molecule has 0 saturated carbocycles. The molecule has 0 spiro atoms. The van der Waals surface area contributed by atoms with Crippen molar-refractivity contribution < 1.29 is 18.7 Å². The number of carboxylic acids is 1. The van der Waals surface area contributed by atoms with Gasteiger partial charge in [0.2, 0.25) is 0 Å². The minimum absolute atomic E-state index is 0.00832. The predicted molar refractivity (Wildman–Crippen MR) is 55.3 cm³/mol. The lowest BCUT2D eigenvalue weighted by atomic mass is 10.2. The second-order valence-electron chi connectivity index (χ2n) is 3.18. The zero-order valence-electron chi connectivity index (χ0n) is 8.63. The number of likely N-dealkylation sites (N-methyl/N-ethyl adjacent to an activating group) is 1. The molecule has 0 heterocycles. The second kappa shape index (κ2) is 5.41. The smallest absolute Gasteiger partial charge is 0.322 e. The predicted octanol–water partition coefficient (Wildman–Crippen LogP) is 1.05. The number of benzene rings is 1. The van der Waals surface area contributed by atoms with Gasteiger partial charge in [-0.15, -0.1) is 0 Å². The highest BCUT2D eigenvalue weighted by Crippen LogP contribution is 2.14. The molecule has 88 valence electrons. The topological polar surface area (TPSA) is 61.4 Å². The summed E-state index contributed by atoms with van der Waals surface area (Å²) < 4.78 is 25.7. The summed E-state index contributed by atoms with van der Waals surface area (Å²) >= 11 is 0. The Morgan fingerprint density at radius 3 is 2.69 bits per heavy atom. The molecule has 0 radical (unpaired) electrons. The minimum Gasteiger partial charge on any atom is -0.480 e. The summed E-state index contributed by atoms with van der Waals surface area (Å²) in [4.78, 5) is 10.6. The van der Waals surface area contributed by atoms with E-state index < -0.39 is 23.6 Å². The summed E-state index contributed by atoms with van der Waals surface area (Å²) in [6, 6.07) is 2.22. The SMILES string of the molecule is CNC(CNc1ccc(F)cc1F)C(=O)O. The van der Waals surface area contributed by atoms with Gasteiger partial charge in [-0.1, -0.05) is 0 Å². The Labute approximate surface area is 91.3 Å². The lowest BCUT2D eigenvalue weighted by Gasteiger charge is -2.13. The van der Waals surface area contributed by atoms with Crippen molar-refractivity contribution in [2.75, 3.05) is 18.9 Å². The van der Waals surface area contributed by atoms with Crippen LogP contribution in [-0.2, 0) is 4.79 Å². The Morgan fingerprint density at radius 1 is 1.50 bits per heavy atom. The van der Waals surface area contributed by atoms with Crippen LogP contribution in [0.25, 0.3) is 0 Å². The van der Waals surface area contributed by atoms with Crippen molar-refractivity contribution >= 4 is 11.7 Å². The highest BCUT2D eigenvalue weighted by Gasteiger charge is 2.14. The van der Waals surface area contributed by atoms with Crippen LogP contribution in [0.15, 0.2) is 18.2 Å². The number of carbonyl (C=O) groups is 1. The highest BCUT2D eigenvalue weighted by atomic mass is 19.1. The molecule has 16 heavy (non-hydrogen) atoms. The van der Waals surface area contributed by atoms with Gasteiger partial charge in [0.25, 0.3) is 0 Å². The van der Waals surface area contributed by atoms with Crippen LogP contribution in [0.2, 0.25) is 0 Å². The van der Waals surface area contributed by atoms with Crippen LogP contribution in [0.1, 0.15) is 0 Å². The van der Waals surface area contributed by atoms with Gasteiger partial charge in [0.05, 0.1) is 5.69 Å². The quantitative estimate of drug-likeness (QED) is 0.707. The third-order valence-electron chi connectivity index (χ3n) is 2.07. The molecular formula is C10H12F2N2O2. The van der Waals surface area contributed by atoms with Crippen molar-refractivity contribution in [3.8, 4) is 0 Å². The third-order valence-corrected chi connectivity index (χ3v) is 2.07. The molecule has 0 fully saturated rings. The van der Waals surface area contributed by atoms with Crippen LogP contribution in [0.3, 0.4) is 0 Å². The summed E-state index contributed by atoms with van der Waals surface area (Å²) in [5, 5.41) is 13.8. The molecule has 1 aromatic carbocycles. The first-order valence-electron chi connectivity index (χ1n) is 4.63. The molecule has 0 aliphatic carbocycles. The minimum atomic E-state index is -1.04. The maximum atomic E-state index is 13.1. The van der Waals surface area contributed by atoms with Gasteiger partial charge >= 0.3 is 5.97 Å². The number of carboxylic acid groups (broad SMARTS) is 1. The monoisotopic (exact) mass is 230 g/mol. The summed E-state index contributed by atoms with van der Waals surface area (Å²) in [5.41, 5.74) is 0.0721. The zero-order chi connectivity index (χ0) is 12.1. The van der Waals surface area contributed by atoms with Crippen LogP contribution in [0.4, 0.5) is 14.5 Å². The molecule has 0 aromatic heterocycles. The van der Waals surface area contributed by atoms with Gasteiger partial charge in [0.1, 0.15) is 17.7 Å². The summed E-state index contributed by atoms with van der Waals surface area (Å²) in [6.07, 6.45) is 0. The van der Waals surface area contributed by atoms with Crippen molar-refractivity contribution in [3.63, 3.8) is 0 Å². The first-order chi connectivity index (χ1) is 7.54. The molecule has 0 aliphatic rings. The van der Waals surface area contributed by atoms with Gasteiger partial charge in [-0.05, 0) is 19.2 Å². The maximum absolute atomic E-state index is 13.1. The molecule has 1 atom stereocenters. The Hall–Kier alpha value is -1.69. The van der Waals surface area contributed by atoms with Gasteiger partial charge in [0, 0.05) is 12.6 Å². The Bertz CT molecular complexity index is 385. The number of rotatable bonds is 5. The average Bonchev–Trinajstić information content (AvgIpc) is 2.21. The van der Waals surface area contributed by atoms with E-state index in [1.807, 2.05) is 0 Å². The zero-order valence-corrected chi connectivity index (χ0v) is 8.63. The fourth-order valence-corrected chi connectivity index (χ4v) is 1.16. The van der Waals surface area contributed by atoms with Gasteiger partial charge in [-0.2, -0.15) is 0 Å². The van der Waals surface area contributed by atoms with Crippen molar-refractivity contribution in [1.82, 2.24) is 5.32 Å². The number of halogens is 2. The molecule has 3 N–H and O–H groups in total. The number of hydrogen-bond acceptors (Lipinski definition) is 3. The molecular weight excluding hydrogens is 218 g/mol. The number of hydrogen-bond donors (Lipinski definition) is 3. The van der Waals surface area contributed by atoms with E-state index >= 15 is 0 Å². The van der Waals surface area contributed by atoms with E-state index in [1.54, 1.807) is 0 Å². The van der Waals surface area contributed by atoms with Crippen LogP contribution in [0, 0.1) is 11.6 Å². The molecule has 1 aromatic rings. The van der Waals surface area contributed by atoms with Crippen LogP contribution < -0.4 is 10.6 Å². The average molecular weight is 230 g/mol. The summed E-state index contributed by atoms with van der Waals surface area (Å²) in [6.45, 7) is 0.00832. The summed E-state index contributed by atoms with van der Waals surface area (Å²) in [5.74, 6) is -2.47. The molecule has 0 bridgehead atoms. The molecule has 6 heteroatoms. The second-order valence-corrected chi connectivity index (χ2v) is 3.18. The van der Waals surface area contributed by atoms with Gasteiger partial charge in [-0.25, -0.2) is 8.78 Å². The van der Waals surface area contributed by atoms with Gasteiger partial charge < -0.3 is 15.7 Å². The van der Waals surface area contributed by atoms with Crippen LogP contribution in [-0.4, -0.2) is 30.7 Å². The summed E-state index contributed by atoms with van der Waals surface area (Å²) in [7, 11) is 1.49. The Kier molecular flexibility index (Phi) is 4.19. The largest absolute Gasteiger partial charge is 0.480 e. The van der Waals surface area contributed by atoms with Crippen molar-refractivity contribution in [2.24, 2.45) is 0 Å². The fraction of sp³-hybridized carbons (Fsp3) is 0.300.